The number of hydrogen-bond donors (Lipinski definition) is 1. The minimum atomic E-state index is -4.87. The van der Waals surface area contributed by atoms with Gasteiger partial charge in [0.05, 0.1) is 0 Å². The van der Waals surface area contributed by atoms with E-state index in [2.05, 4.69) is 0 Å². The lowest BCUT2D eigenvalue weighted by molar-refractivity contribution is -0.174. The standard InChI is InChI=1S/C13H13F4NO/c14-10-4-2-9(3-5-10)12(6-1-7-12)8-18-11(19)13(15,16)17/h2-5H,1,6-8H2,(H,18,19). The van der Waals surface area contributed by atoms with E-state index in [9.17, 15) is 22.4 Å². The summed E-state index contributed by atoms with van der Waals surface area (Å²) in [6.45, 7) is -0.0724. The van der Waals surface area contributed by atoms with Gasteiger partial charge in [-0.25, -0.2) is 4.39 Å². The lowest BCUT2D eigenvalue weighted by Crippen LogP contribution is -2.48. The SMILES string of the molecule is O=C(NCC1(c2ccc(F)cc2)CCC1)C(F)(F)F. The second kappa shape index (κ2) is 4.83. The Bertz CT molecular complexity index is 463. The molecule has 1 N–H and O–H groups in total. The average molecular weight is 275 g/mol. The Morgan fingerprint density at radius 2 is 1.79 bits per heavy atom. The van der Waals surface area contributed by atoms with E-state index in [4.69, 9.17) is 0 Å². The molecule has 1 aromatic carbocycles. The quantitative estimate of drug-likeness (QED) is 0.844. The van der Waals surface area contributed by atoms with Crippen LogP contribution in [0.2, 0.25) is 0 Å². The molecule has 1 aliphatic carbocycles. The zero-order chi connectivity index (χ0) is 14.1. The maximum absolute atomic E-state index is 12.8. The van der Waals surface area contributed by atoms with E-state index in [1.807, 2.05) is 5.32 Å². The number of carbonyl (C=O) groups is 1. The molecule has 2 nitrogen and oxygen atoms in total. The highest BCUT2D eigenvalue weighted by molar-refractivity contribution is 5.81. The smallest absolute Gasteiger partial charge is 0.347 e. The van der Waals surface area contributed by atoms with Crippen LogP contribution >= 0.6 is 0 Å². The van der Waals surface area contributed by atoms with Crippen molar-refractivity contribution in [3.05, 3.63) is 35.6 Å². The Kier molecular flexibility index (Phi) is 3.52. The molecular weight excluding hydrogens is 262 g/mol. The second-order valence-electron chi connectivity index (χ2n) is 4.82. The molecule has 0 radical (unpaired) electrons. The van der Waals surface area contributed by atoms with Crippen molar-refractivity contribution in [1.29, 1.82) is 0 Å². The van der Waals surface area contributed by atoms with Gasteiger partial charge in [0.25, 0.3) is 0 Å². The molecule has 104 valence electrons. The topological polar surface area (TPSA) is 29.1 Å². The number of hydrogen-bond acceptors (Lipinski definition) is 1. The van der Waals surface area contributed by atoms with Crippen LogP contribution in [-0.2, 0) is 10.2 Å². The molecule has 0 aromatic heterocycles. The Balaban J connectivity index is 2.07. The van der Waals surface area contributed by atoms with E-state index in [1.54, 1.807) is 12.1 Å². The van der Waals surface area contributed by atoms with Gasteiger partial charge in [0.1, 0.15) is 5.82 Å². The van der Waals surface area contributed by atoms with Crippen molar-refractivity contribution >= 4 is 5.91 Å². The summed E-state index contributed by atoms with van der Waals surface area (Å²) in [5.74, 6) is -2.32. The minimum absolute atomic E-state index is 0.0724. The van der Waals surface area contributed by atoms with Gasteiger partial charge in [0.15, 0.2) is 0 Å². The van der Waals surface area contributed by atoms with Gasteiger partial charge in [0, 0.05) is 12.0 Å². The first-order chi connectivity index (χ1) is 8.83. The molecule has 0 spiro atoms. The van der Waals surface area contributed by atoms with E-state index in [-0.39, 0.29) is 6.54 Å². The van der Waals surface area contributed by atoms with Gasteiger partial charge >= 0.3 is 12.1 Å². The predicted octanol–water partition coefficient (Wildman–Crippen LogP) is 2.93. The van der Waals surface area contributed by atoms with Crippen LogP contribution in [-0.4, -0.2) is 18.6 Å². The normalized spacial score (nSPS) is 17.7. The number of rotatable bonds is 3. The number of halogens is 4. The van der Waals surface area contributed by atoms with Crippen LogP contribution in [0.25, 0.3) is 0 Å². The summed E-state index contributed by atoms with van der Waals surface area (Å²) in [5, 5.41) is 1.92. The summed E-state index contributed by atoms with van der Waals surface area (Å²) in [5.41, 5.74) is 0.275. The Labute approximate surface area is 107 Å². The third kappa shape index (κ3) is 2.88. The molecule has 19 heavy (non-hydrogen) atoms. The monoisotopic (exact) mass is 275 g/mol. The molecule has 0 heterocycles. The van der Waals surface area contributed by atoms with Crippen molar-refractivity contribution in [2.75, 3.05) is 6.54 Å². The van der Waals surface area contributed by atoms with Gasteiger partial charge in [0.2, 0.25) is 0 Å². The van der Waals surface area contributed by atoms with Crippen molar-refractivity contribution in [1.82, 2.24) is 5.32 Å². The molecule has 2 rings (SSSR count). The number of carbonyl (C=O) groups excluding carboxylic acids is 1. The van der Waals surface area contributed by atoms with Crippen LogP contribution in [0.3, 0.4) is 0 Å². The first-order valence-corrected chi connectivity index (χ1v) is 5.95. The minimum Gasteiger partial charge on any atom is -0.347 e. The molecule has 0 bridgehead atoms. The summed E-state index contributed by atoms with van der Waals surface area (Å²) in [6.07, 6.45) is -2.60. The van der Waals surface area contributed by atoms with E-state index >= 15 is 0 Å². The molecule has 0 atom stereocenters. The van der Waals surface area contributed by atoms with Crippen LogP contribution in [0.5, 0.6) is 0 Å². The van der Waals surface area contributed by atoms with Crippen LogP contribution in [0.1, 0.15) is 24.8 Å². The van der Waals surface area contributed by atoms with Crippen molar-refractivity contribution in [2.24, 2.45) is 0 Å². The summed E-state index contributed by atoms with van der Waals surface area (Å²) >= 11 is 0. The van der Waals surface area contributed by atoms with Crippen LogP contribution in [0.4, 0.5) is 17.6 Å². The number of nitrogens with one attached hydrogen (secondary N) is 1. The molecule has 1 aromatic rings. The number of amides is 1. The summed E-state index contributed by atoms with van der Waals surface area (Å²) < 4.78 is 49.3. The maximum atomic E-state index is 12.8. The highest BCUT2D eigenvalue weighted by Crippen LogP contribution is 2.43. The van der Waals surface area contributed by atoms with Crippen LogP contribution in [0, 0.1) is 5.82 Å². The largest absolute Gasteiger partial charge is 0.471 e. The van der Waals surface area contributed by atoms with Crippen molar-refractivity contribution in [3.63, 3.8) is 0 Å². The third-order valence-electron chi connectivity index (χ3n) is 3.61. The van der Waals surface area contributed by atoms with Crippen LogP contribution in [0.15, 0.2) is 24.3 Å². The zero-order valence-corrected chi connectivity index (χ0v) is 10.1. The summed E-state index contributed by atoms with van der Waals surface area (Å²) in [4.78, 5) is 10.8. The Morgan fingerprint density at radius 1 is 1.21 bits per heavy atom. The fourth-order valence-electron chi connectivity index (χ4n) is 2.32. The first-order valence-electron chi connectivity index (χ1n) is 5.95. The van der Waals surface area contributed by atoms with Gasteiger partial charge < -0.3 is 5.32 Å². The lowest BCUT2D eigenvalue weighted by Gasteiger charge is -2.42. The molecule has 1 fully saturated rings. The Morgan fingerprint density at radius 3 is 2.21 bits per heavy atom. The summed E-state index contributed by atoms with van der Waals surface area (Å²) in [6, 6.07) is 5.68. The number of alkyl halides is 3. The van der Waals surface area contributed by atoms with E-state index in [0.717, 1.165) is 12.0 Å². The van der Waals surface area contributed by atoms with Crippen molar-refractivity contribution in [3.8, 4) is 0 Å². The van der Waals surface area contributed by atoms with Gasteiger partial charge in [-0.15, -0.1) is 0 Å². The summed E-state index contributed by atoms with van der Waals surface area (Å²) in [7, 11) is 0. The molecule has 0 saturated heterocycles. The first kappa shape index (κ1) is 13.8. The van der Waals surface area contributed by atoms with Gasteiger partial charge in [-0.2, -0.15) is 13.2 Å². The van der Waals surface area contributed by atoms with Crippen molar-refractivity contribution in [2.45, 2.75) is 30.9 Å². The fourth-order valence-corrected chi connectivity index (χ4v) is 2.32. The Hall–Kier alpha value is -1.59. The van der Waals surface area contributed by atoms with Gasteiger partial charge in [-0.05, 0) is 30.5 Å². The highest BCUT2D eigenvalue weighted by Gasteiger charge is 2.43. The fraction of sp³-hybridized carbons (Fsp3) is 0.462. The molecule has 1 saturated carbocycles. The molecular formula is C13H13F4NO. The van der Waals surface area contributed by atoms with E-state index < -0.39 is 23.3 Å². The molecule has 0 aliphatic heterocycles. The van der Waals surface area contributed by atoms with Gasteiger partial charge in [-0.3, -0.25) is 4.79 Å². The molecule has 1 amide bonds. The number of benzene rings is 1. The maximum Gasteiger partial charge on any atom is 0.471 e. The van der Waals surface area contributed by atoms with E-state index in [1.165, 1.54) is 12.1 Å². The van der Waals surface area contributed by atoms with Crippen molar-refractivity contribution < 1.29 is 22.4 Å². The second-order valence-corrected chi connectivity index (χ2v) is 4.82. The predicted molar refractivity (Wildman–Crippen MR) is 61.0 cm³/mol. The van der Waals surface area contributed by atoms with Crippen LogP contribution < -0.4 is 5.32 Å². The lowest BCUT2D eigenvalue weighted by atomic mass is 9.64. The average Bonchev–Trinajstić information content (AvgIpc) is 2.28. The molecule has 6 heteroatoms. The van der Waals surface area contributed by atoms with E-state index in [0.29, 0.717) is 12.8 Å². The molecule has 1 aliphatic rings. The van der Waals surface area contributed by atoms with Gasteiger partial charge in [-0.1, -0.05) is 18.6 Å². The zero-order valence-electron chi connectivity index (χ0n) is 10.1. The third-order valence-corrected chi connectivity index (χ3v) is 3.61. The highest BCUT2D eigenvalue weighted by atomic mass is 19.4. The molecule has 0 unspecified atom stereocenters.